The molecule has 9 heteroatoms. The van der Waals surface area contributed by atoms with Gasteiger partial charge in [-0.15, -0.1) is 0 Å². The third-order valence-corrected chi connectivity index (χ3v) is 5.37. The molecule has 1 heterocycles. The van der Waals surface area contributed by atoms with E-state index in [9.17, 15) is 14.4 Å². The lowest BCUT2D eigenvalue weighted by Gasteiger charge is -2.25. The van der Waals surface area contributed by atoms with Gasteiger partial charge in [-0.3, -0.25) is 19.3 Å². The SMILES string of the molecule is CCNC(=O)CN1CCCN(C(=O)C(C)NC(=O)c2cccc(Cl)c2Cl)CC1. The standard InChI is InChI=1S/C19H26Cl2N4O3/c1-3-22-16(26)12-24-8-5-9-25(11-10-24)19(28)13(2)23-18(27)14-6-4-7-15(20)17(14)21/h4,6-7,13H,3,5,8-12H2,1-2H3,(H,22,26)(H,23,27). The molecule has 0 radical (unpaired) electrons. The second-order valence-corrected chi connectivity index (χ2v) is 7.49. The van der Waals surface area contributed by atoms with E-state index in [1.807, 2.05) is 11.8 Å². The average molecular weight is 429 g/mol. The van der Waals surface area contributed by atoms with Crippen molar-refractivity contribution < 1.29 is 14.4 Å². The van der Waals surface area contributed by atoms with Crippen molar-refractivity contribution >= 4 is 40.9 Å². The molecule has 1 aliphatic rings. The van der Waals surface area contributed by atoms with Gasteiger partial charge in [-0.2, -0.15) is 0 Å². The highest BCUT2D eigenvalue weighted by Crippen LogP contribution is 2.25. The average Bonchev–Trinajstić information content (AvgIpc) is 2.89. The summed E-state index contributed by atoms with van der Waals surface area (Å²) in [6.07, 6.45) is 0.770. The molecule has 1 aromatic carbocycles. The lowest BCUT2D eigenvalue weighted by molar-refractivity contribution is -0.132. The number of nitrogens with one attached hydrogen (secondary N) is 2. The van der Waals surface area contributed by atoms with Gasteiger partial charge >= 0.3 is 0 Å². The number of carbonyl (C=O) groups excluding carboxylic acids is 3. The largest absolute Gasteiger partial charge is 0.355 e. The molecule has 1 aromatic rings. The van der Waals surface area contributed by atoms with Crippen molar-refractivity contribution in [2.24, 2.45) is 0 Å². The highest BCUT2D eigenvalue weighted by Gasteiger charge is 2.26. The molecule has 2 rings (SSSR count). The van der Waals surface area contributed by atoms with E-state index in [0.29, 0.717) is 32.7 Å². The second kappa shape index (κ2) is 10.6. The van der Waals surface area contributed by atoms with Crippen LogP contribution in [-0.2, 0) is 9.59 Å². The maximum atomic E-state index is 12.8. The third kappa shape index (κ3) is 6.09. The van der Waals surface area contributed by atoms with Gasteiger partial charge in [0.25, 0.3) is 5.91 Å². The van der Waals surface area contributed by atoms with Crippen LogP contribution in [0, 0.1) is 0 Å². The normalized spacial score (nSPS) is 16.2. The first-order valence-corrected chi connectivity index (χ1v) is 10.1. The van der Waals surface area contributed by atoms with Crippen LogP contribution in [0.15, 0.2) is 18.2 Å². The summed E-state index contributed by atoms with van der Waals surface area (Å²) in [5, 5.41) is 5.92. The summed E-state index contributed by atoms with van der Waals surface area (Å²) in [7, 11) is 0. The summed E-state index contributed by atoms with van der Waals surface area (Å²) in [5.74, 6) is -0.617. The molecule has 0 aromatic heterocycles. The van der Waals surface area contributed by atoms with E-state index in [1.165, 1.54) is 0 Å². The fraction of sp³-hybridized carbons (Fsp3) is 0.526. The van der Waals surface area contributed by atoms with Gasteiger partial charge in [-0.1, -0.05) is 29.3 Å². The second-order valence-electron chi connectivity index (χ2n) is 6.71. The number of rotatable bonds is 6. The lowest BCUT2D eigenvalue weighted by Crippen LogP contribution is -2.48. The Morgan fingerprint density at radius 3 is 2.61 bits per heavy atom. The van der Waals surface area contributed by atoms with E-state index in [4.69, 9.17) is 23.2 Å². The van der Waals surface area contributed by atoms with Gasteiger partial charge < -0.3 is 15.5 Å². The molecule has 0 spiro atoms. The Balaban J connectivity index is 1.91. The Hall–Kier alpha value is -1.83. The van der Waals surface area contributed by atoms with E-state index in [0.717, 1.165) is 13.0 Å². The predicted octanol–water partition coefficient (Wildman–Crippen LogP) is 1.78. The molecule has 0 aliphatic carbocycles. The summed E-state index contributed by atoms with van der Waals surface area (Å²) in [6, 6.07) is 4.09. The molecular weight excluding hydrogens is 403 g/mol. The fourth-order valence-electron chi connectivity index (χ4n) is 3.09. The van der Waals surface area contributed by atoms with Gasteiger partial charge in [0.15, 0.2) is 0 Å². The summed E-state index contributed by atoms with van der Waals surface area (Å²) in [6.45, 7) is 6.92. The molecule has 1 saturated heterocycles. The number of halogens is 2. The first-order chi connectivity index (χ1) is 13.3. The van der Waals surface area contributed by atoms with Crippen LogP contribution in [0.4, 0.5) is 0 Å². The van der Waals surface area contributed by atoms with E-state index in [-0.39, 0.29) is 27.4 Å². The van der Waals surface area contributed by atoms with Crippen LogP contribution in [-0.4, -0.2) is 72.8 Å². The first-order valence-electron chi connectivity index (χ1n) is 9.36. The smallest absolute Gasteiger partial charge is 0.253 e. The molecule has 7 nitrogen and oxygen atoms in total. The Bertz CT molecular complexity index is 729. The first kappa shape index (κ1) is 22.5. The summed E-state index contributed by atoms with van der Waals surface area (Å²) < 4.78 is 0. The molecule has 1 fully saturated rings. The van der Waals surface area contributed by atoms with E-state index < -0.39 is 11.9 Å². The van der Waals surface area contributed by atoms with Crippen molar-refractivity contribution in [2.45, 2.75) is 26.3 Å². The summed E-state index contributed by atoms with van der Waals surface area (Å²) in [5.41, 5.74) is 0.234. The van der Waals surface area contributed by atoms with Gasteiger partial charge in [-0.05, 0) is 32.4 Å². The molecule has 1 unspecified atom stereocenters. The third-order valence-electron chi connectivity index (χ3n) is 4.56. The monoisotopic (exact) mass is 428 g/mol. The van der Waals surface area contributed by atoms with Gasteiger partial charge in [0.2, 0.25) is 11.8 Å². The predicted molar refractivity (Wildman–Crippen MR) is 110 cm³/mol. The maximum absolute atomic E-state index is 12.8. The molecule has 28 heavy (non-hydrogen) atoms. The minimum Gasteiger partial charge on any atom is -0.355 e. The number of hydrogen-bond acceptors (Lipinski definition) is 4. The zero-order chi connectivity index (χ0) is 20.7. The molecular formula is C19H26Cl2N4O3. The number of likely N-dealkylation sites (N-methyl/N-ethyl adjacent to an activating group) is 1. The molecule has 0 saturated carbocycles. The lowest BCUT2D eigenvalue weighted by atomic mass is 10.2. The molecule has 1 atom stereocenters. The van der Waals surface area contributed by atoms with Gasteiger partial charge in [-0.25, -0.2) is 0 Å². The van der Waals surface area contributed by atoms with Gasteiger partial charge in [0.1, 0.15) is 6.04 Å². The van der Waals surface area contributed by atoms with Gasteiger partial charge in [0, 0.05) is 32.7 Å². The fourth-order valence-corrected chi connectivity index (χ4v) is 3.48. The Morgan fingerprint density at radius 1 is 1.14 bits per heavy atom. The number of hydrogen-bond donors (Lipinski definition) is 2. The zero-order valence-electron chi connectivity index (χ0n) is 16.1. The number of carbonyl (C=O) groups is 3. The minimum absolute atomic E-state index is 0.0127. The van der Waals surface area contributed by atoms with Crippen LogP contribution in [0.25, 0.3) is 0 Å². The van der Waals surface area contributed by atoms with Gasteiger partial charge in [0.05, 0.1) is 22.2 Å². The van der Waals surface area contributed by atoms with E-state index in [1.54, 1.807) is 30.0 Å². The number of nitrogens with zero attached hydrogens (tertiary/aromatic N) is 2. The van der Waals surface area contributed by atoms with Crippen molar-refractivity contribution in [1.29, 1.82) is 0 Å². The zero-order valence-corrected chi connectivity index (χ0v) is 17.6. The topological polar surface area (TPSA) is 81.8 Å². The highest BCUT2D eigenvalue weighted by molar-refractivity contribution is 6.43. The van der Waals surface area contributed by atoms with Crippen molar-refractivity contribution in [3.8, 4) is 0 Å². The molecule has 3 amide bonds. The molecule has 1 aliphatic heterocycles. The summed E-state index contributed by atoms with van der Waals surface area (Å²) >= 11 is 12.0. The molecule has 154 valence electrons. The molecule has 0 bridgehead atoms. The number of amides is 3. The number of benzene rings is 1. The van der Waals surface area contributed by atoms with Crippen molar-refractivity contribution in [1.82, 2.24) is 20.4 Å². The Kier molecular flexibility index (Phi) is 8.54. The van der Waals surface area contributed by atoms with Crippen molar-refractivity contribution in [3.63, 3.8) is 0 Å². The van der Waals surface area contributed by atoms with Crippen molar-refractivity contribution in [2.75, 3.05) is 39.3 Å². The molecule has 2 N–H and O–H groups in total. The maximum Gasteiger partial charge on any atom is 0.253 e. The van der Waals surface area contributed by atoms with Crippen molar-refractivity contribution in [3.05, 3.63) is 33.8 Å². The van der Waals surface area contributed by atoms with Crippen LogP contribution in [0.5, 0.6) is 0 Å². The quantitative estimate of drug-likeness (QED) is 0.723. The van der Waals surface area contributed by atoms with Crippen LogP contribution >= 0.6 is 23.2 Å². The Morgan fingerprint density at radius 2 is 1.89 bits per heavy atom. The Labute approximate surface area is 175 Å². The summed E-state index contributed by atoms with van der Waals surface area (Å²) in [4.78, 5) is 40.7. The van der Waals surface area contributed by atoms with Crippen LogP contribution in [0.2, 0.25) is 10.0 Å². The van der Waals surface area contributed by atoms with Crippen LogP contribution in [0.1, 0.15) is 30.6 Å². The van der Waals surface area contributed by atoms with E-state index in [2.05, 4.69) is 10.6 Å². The van der Waals surface area contributed by atoms with E-state index >= 15 is 0 Å². The minimum atomic E-state index is -0.697. The van der Waals surface area contributed by atoms with Crippen LogP contribution in [0.3, 0.4) is 0 Å². The highest BCUT2D eigenvalue weighted by atomic mass is 35.5. The van der Waals surface area contributed by atoms with Crippen LogP contribution < -0.4 is 10.6 Å².